The van der Waals surface area contributed by atoms with E-state index < -0.39 is 0 Å². The molecule has 0 spiro atoms. The number of aryl methyl sites for hydroxylation is 1. The van der Waals surface area contributed by atoms with Gasteiger partial charge in [-0.05, 0) is 43.0 Å². The first-order valence-corrected chi connectivity index (χ1v) is 9.76. The van der Waals surface area contributed by atoms with E-state index in [1.165, 1.54) is 10.4 Å². The van der Waals surface area contributed by atoms with Gasteiger partial charge in [0.15, 0.2) is 0 Å². The standard InChI is InChI=1S/C22H24N2O2S/c1-15-10-12-17(13-11-15)21(20-9-6-14-27-20)23-16(2)22(25)24-18-7-4-5-8-19(18)26-3/h4-14,16,21,23H,1-3H3,(H,24,25)/t16-,21+/m0/s1. The van der Waals surface area contributed by atoms with Crippen LogP contribution in [0.15, 0.2) is 66.0 Å². The quantitative estimate of drug-likeness (QED) is 0.621. The number of amides is 1. The lowest BCUT2D eigenvalue weighted by molar-refractivity contribution is -0.117. The van der Waals surface area contributed by atoms with Gasteiger partial charge in [0.1, 0.15) is 5.75 Å². The molecule has 0 aliphatic carbocycles. The molecule has 1 amide bonds. The molecule has 5 heteroatoms. The van der Waals surface area contributed by atoms with Crippen LogP contribution in [0.2, 0.25) is 0 Å². The molecular weight excluding hydrogens is 356 g/mol. The van der Waals surface area contributed by atoms with Crippen molar-refractivity contribution in [3.63, 3.8) is 0 Å². The molecule has 4 nitrogen and oxygen atoms in total. The SMILES string of the molecule is COc1ccccc1NC(=O)[C@H](C)N[C@H](c1ccc(C)cc1)c1cccs1. The summed E-state index contributed by atoms with van der Waals surface area (Å²) < 4.78 is 5.31. The molecule has 2 atom stereocenters. The second kappa shape index (κ2) is 8.84. The van der Waals surface area contributed by atoms with E-state index in [1.807, 2.05) is 37.3 Å². The Balaban J connectivity index is 1.77. The maximum atomic E-state index is 12.7. The zero-order valence-corrected chi connectivity index (χ0v) is 16.5. The molecule has 1 aromatic heterocycles. The molecule has 2 aromatic carbocycles. The summed E-state index contributed by atoms with van der Waals surface area (Å²) in [6.45, 7) is 3.94. The van der Waals surface area contributed by atoms with E-state index in [-0.39, 0.29) is 18.0 Å². The fourth-order valence-electron chi connectivity index (χ4n) is 2.87. The zero-order valence-electron chi connectivity index (χ0n) is 15.7. The monoisotopic (exact) mass is 380 g/mol. The van der Waals surface area contributed by atoms with E-state index in [0.29, 0.717) is 11.4 Å². The molecule has 2 N–H and O–H groups in total. The van der Waals surface area contributed by atoms with Crippen LogP contribution < -0.4 is 15.4 Å². The molecular formula is C22H24N2O2S. The first-order valence-electron chi connectivity index (χ1n) is 8.88. The van der Waals surface area contributed by atoms with Crippen molar-refractivity contribution in [2.24, 2.45) is 0 Å². The predicted molar refractivity (Wildman–Crippen MR) is 112 cm³/mol. The van der Waals surface area contributed by atoms with Crippen molar-refractivity contribution in [3.8, 4) is 5.75 Å². The largest absolute Gasteiger partial charge is 0.495 e. The van der Waals surface area contributed by atoms with Gasteiger partial charge in [-0.1, -0.05) is 48.0 Å². The molecule has 0 aliphatic heterocycles. The highest BCUT2D eigenvalue weighted by Crippen LogP contribution is 2.27. The number of thiophene rings is 1. The Morgan fingerprint density at radius 2 is 1.78 bits per heavy atom. The van der Waals surface area contributed by atoms with Crippen LogP contribution in [0.3, 0.4) is 0 Å². The summed E-state index contributed by atoms with van der Waals surface area (Å²) in [5.41, 5.74) is 3.02. The third kappa shape index (κ3) is 4.76. The topological polar surface area (TPSA) is 50.4 Å². The Morgan fingerprint density at radius 1 is 1.04 bits per heavy atom. The molecule has 0 fully saturated rings. The first kappa shape index (κ1) is 19.1. The van der Waals surface area contributed by atoms with E-state index in [1.54, 1.807) is 18.4 Å². The van der Waals surface area contributed by atoms with Crippen LogP contribution in [0.4, 0.5) is 5.69 Å². The van der Waals surface area contributed by atoms with Gasteiger partial charge in [0.25, 0.3) is 0 Å². The van der Waals surface area contributed by atoms with Crippen molar-refractivity contribution < 1.29 is 9.53 Å². The average Bonchev–Trinajstić information content (AvgIpc) is 3.21. The van der Waals surface area contributed by atoms with E-state index in [9.17, 15) is 4.79 Å². The van der Waals surface area contributed by atoms with Crippen LogP contribution >= 0.6 is 11.3 Å². The number of carbonyl (C=O) groups excluding carboxylic acids is 1. The van der Waals surface area contributed by atoms with Crippen LogP contribution in [-0.2, 0) is 4.79 Å². The second-order valence-electron chi connectivity index (χ2n) is 6.44. The molecule has 0 saturated heterocycles. The molecule has 0 aliphatic rings. The normalized spacial score (nSPS) is 13.0. The minimum Gasteiger partial charge on any atom is -0.495 e. The number of nitrogens with one attached hydrogen (secondary N) is 2. The van der Waals surface area contributed by atoms with Gasteiger partial charge in [-0.3, -0.25) is 10.1 Å². The molecule has 3 rings (SSSR count). The molecule has 0 unspecified atom stereocenters. The number of para-hydroxylation sites is 2. The second-order valence-corrected chi connectivity index (χ2v) is 7.42. The van der Waals surface area contributed by atoms with Crippen molar-refractivity contribution in [2.75, 3.05) is 12.4 Å². The van der Waals surface area contributed by atoms with E-state index in [4.69, 9.17) is 4.74 Å². The highest BCUT2D eigenvalue weighted by molar-refractivity contribution is 7.10. The zero-order chi connectivity index (χ0) is 19.2. The molecule has 140 valence electrons. The van der Waals surface area contributed by atoms with Gasteiger partial charge in [-0.2, -0.15) is 0 Å². The Hall–Kier alpha value is -2.63. The van der Waals surface area contributed by atoms with Crippen LogP contribution in [0.1, 0.15) is 29.0 Å². The Bertz CT molecular complexity index is 876. The number of rotatable bonds is 7. The van der Waals surface area contributed by atoms with E-state index in [0.717, 1.165) is 5.56 Å². The Labute approximate surface area is 164 Å². The lowest BCUT2D eigenvalue weighted by atomic mass is 10.0. The van der Waals surface area contributed by atoms with Crippen LogP contribution in [0, 0.1) is 6.92 Å². The summed E-state index contributed by atoms with van der Waals surface area (Å²) in [4.78, 5) is 13.9. The van der Waals surface area contributed by atoms with Crippen LogP contribution in [-0.4, -0.2) is 19.1 Å². The van der Waals surface area contributed by atoms with Crippen LogP contribution in [0.5, 0.6) is 5.75 Å². The van der Waals surface area contributed by atoms with Gasteiger partial charge in [-0.15, -0.1) is 11.3 Å². The van der Waals surface area contributed by atoms with Gasteiger partial charge in [-0.25, -0.2) is 0 Å². The number of carbonyl (C=O) groups is 1. The highest BCUT2D eigenvalue weighted by Gasteiger charge is 2.22. The van der Waals surface area contributed by atoms with Crippen LogP contribution in [0.25, 0.3) is 0 Å². The first-order chi connectivity index (χ1) is 13.1. The smallest absolute Gasteiger partial charge is 0.241 e. The number of hydrogen-bond donors (Lipinski definition) is 2. The minimum absolute atomic E-state index is 0.0379. The Kier molecular flexibility index (Phi) is 6.27. The number of ether oxygens (including phenoxy) is 1. The van der Waals surface area contributed by atoms with E-state index >= 15 is 0 Å². The molecule has 3 aromatic rings. The maximum absolute atomic E-state index is 12.7. The van der Waals surface area contributed by atoms with E-state index in [2.05, 4.69) is 53.3 Å². The van der Waals surface area contributed by atoms with Crippen molar-refractivity contribution >= 4 is 22.9 Å². The number of hydrogen-bond acceptors (Lipinski definition) is 4. The van der Waals surface area contributed by atoms with Gasteiger partial charge in [0, 0.05) is 4.88 Å². The third-order valence-corrected chi connectivity index (χ3v) is 5.35. The summed E-state index contributed by atoms with van der Waals surface area (Å²) in [5.74, 6) is 0.541. The summed E-state index contributed by atoms with van der Waals surface area (Å²) in [7, 11) is 1.59. The third-order valence-electron chi connectivity index (χ3n) is 4.41. The lowest BCUT2D eigenvalue weighted by Gasteiger charge is -2.23. The molecule has 0 bridgehead atoms. The molecule has 0 saturated carbocycles. The summed E-state index contributed by atoms with van der Waals surface area (Å²) in [6, 6.07) is 19.5. The fourth-order valence-corrected chi connectivity index (χ4v) is 3.68. The molecule has 1 heterocycles. The number of methoxy groups -OCH3 is 1. The summed E-state index contributed by atoms with van der Waals surface area (Å²) in [5, 5.41) is 8.47. The van der Waals surface area contributed by atoms with Crippen molar-refractivity contribution in [1.82, 2.24) is 5.32 Å². The maximum Gasteiger partial charge on any atom is 0.241 e. The minimum atomic E-state index is -0.386. The van der Waals surface area contributed by atoms with Gasteiger partial charge >= 0.3 is 0 Å². The molecule has 0 radical (unpaired) electrons. The summed E-state index contributed by atoms with van der Waals surface area (Å²) >= 11 is 1.68. The van der Waals surface area contributed by atoms with Crippen molar-refractivity contribution in [1.29, 1.82) is 0 Å². The number of benzene rings is 2. The number of anilines is 1. The van der Waals surface area contributed by atoms with Crippen molar-refractivity contribution in [3.05, 3.63) is 82.0 Å². The highest BCUT2D eigenvalue weighted by atomic mass is 32.1. The van der Waals surface area contributed by atoms with Gasteiger partial charge in [0.05, 0.1) is 24.9 Å². The lowest BCUT2D eigenvalue weighted by Crippen LogP contribution is -2.40. The average molecular weight is 381 g/mol. The van der Waals surface area contributed by atoms with Crippen molar-refractivity contribution in [2.45, 2.75) is 25.9 Å². The van der Waals surface area contributed by atoms with Gasteiger partial charge in [0.2, 0.25) is 5.91 Å². The Morgan fingerprint density at radius 3 is 2.44 bits per heavy atom. The fraction of sp³-hybridized carbons (Fsp3) is 0.227. The molecule has 27 heavy (non-hydrogen) atoms. The summed E-state index contributed by atoms with van der Waals surface area (Å²) in [6.07, 6.45) is 0. The van der Waals surface area contributed by atoms with Gasteiger partial charge < -0.3 is 10.1 Å². The predicted octanol–water partition coefficient (Wildman–Crippen LogP) is 4.77.